The van der Waals surface area contributed by atoms with Gasteiger partial charge in [0.05, 0.1) is 4.90 Å². The normalized spacial score (nSPS) is 16.0. The summed E-state index contributed by atoms with van der Waals surface area (Å²) in [5.41, 5.74) is 1.54. The molecule has 0 aromatic heterocycles. The first-order valence-corrected chi connectivity index (χ1v) is 11.0. The van der Waals surface area contributed by atoms with Gasteiger partial charge in [-0.25, -0.2) is 8.42 Å². The van der Waals surface area contributed by atoms with Crippen LogP contribution in [-0.4, -0.2) is 14.2 Å². The highest BCUT2D eigenvalue weighted by atomic mass is 32.2. The van der Waals surface area contributed by atoms with Crippen LogP contribution in [0.2, 0.25) is 0 Å². The zero-order valence-electron chi connectivity index (χ0n) is 14.2. The first kappa shape index (κ1) is 19.2. The molecule has 0 bridgehead atoms. The fourth-order valence-electron chi connectivity index (χ4n) is 3.27. The van der Waals surface area contributed by atoms with Gasteiger partial charge < -0.3 is 0 Å². The Kier molecular flexibility index (Phi) is 6.19. The SMILES string of the molecule is O=S(=O)(Nc1ccc(SC(F)F)cc1)c1ccc(C2CCCCC2)cc1. The second kappa shape index (κ2) is 8.39. The van der Waals surface area contributed by atoms with Gasteiger partial charge >= 0.3 is 0 Å². The van der Waals surface area contributed by atoms with Gasteiger partial charge in [0.15, 0.2) is 0 Å². The Bertz CT molecular complexity index is 816. The quantitative estimate of drug-likeness (QED) is 0.622. The van der Waals surface area contributed by atoms with Crippen LogP contribution in [0.4, 0.5) is 14.5 Å². The number of alkyl halides is 2. The summed E-state index contributed by atoms with van der Waals surface area (Å²) in [6.07, 6.45) is 6.06. The summed E-state index contributed by atoms with van der Waals surface area (Å²) in [7, 11) is -3.70. The topological polar surface area (TPSA) is 46.2 Å². The van der Waals surface area contributed by atoms with Gasteiger partial charge in [-0.15, -0.1) is 0 Å². The second-order valence-electron chi connectivity index (χ2n) is 6.41. The molecule has 140 valence electrons. The minimum atomic E-state index is -3.70. The molecule has 0 heterocycles. The van der Waals surface area contributed by atoms with Crippen LogP contribution in [0.25, 0.3) is 0 Å². The van der Waals surface area contributed by atoms with Crippen LogP contribution in [0.1, 0.15) is 43.6 Å². The monoisotopic (exact) mass is 397 g/mol. The fourth-order valence-corrected chi connectivity index (χ4v) is 4.83. The Morgan fingerprint density at radius 2 is 1.54 bits per heavy atom. The summed E-state index contributed by atoms with van der Waals surface area (Å²) in [6, 6.07) is 13.0. The molecule has 3 rings (SSSR count). The van der Waals surface area contributed by atoms with Crippen LogP contribution < -0.4 is 4.72 Å². The standard InChI is InChI=1S/C19H21F2NO2S2/c20-19(21)25-17-10-8-16(9-11-17)22-26(23,24)18-12-6-15(7-13-18)14-4-2-1-3-5-14/h6-14,19,22H,1-5H2. The maximum atomic E-state index is 12.5. The van der Waals surface area contributed by atoms with Crippen LogP contribution in [0.15, 0.2) is 58.3 Å². The van der Waals surface area contributed by atoms with Gasteiger partial charge in [-0.3, -0.25) is 4.72 Å². The van der Waals surface area contributed by atoms with Gasteiger partial charge in [-0.1, -0.05) is 43.2 Å². The number of thioether (sulfide) groups is 1. The minimum absolute atomic E-state index is 0.197. The first-order chi connectivity index (χ1) is 12.4. The number of hydrogen-bond acceptors (Lipinski definition) is 3. The van der Waals surface area contributed by atoms with Crippen molar-refractivity contribution in [2.24, 2.45) is 0 Å². The maximum absolute atomic E-state index is 12.5. The fraction of sp³-hybridized carbons (Fsp3) is 0.368. The molecule has 0 radical (unpaired) electrons. The Morgan fingerprint density at radius 1 is 0.923 bits per heavy atom. The Morgan fingerprint density at radius 3 is 2.12 bits per heavy atom. The lowest BCUT2D eigenvalue weighted by Crippen LogP contribution is -2.13. The molecule has 26 heavy (non-hydrogen) atoms. The van der Waals surface area contributed by atoms with Crippen molar-refractivity contribution < 1.29 is 17.2 Å². The van der Waals surface area contributed by atoms with Gasteiger partial charge in [-0.2, -0.15) is 8.78 Å². The molecule has 0 saturated heterocycles. The molecule has 1 fully saturated rings. The van der Waals surface area contributed by atoms with Crippen LogP contribution in [0.3, 0.4) is 0 Å². The van der Waals surface area contributed by atoms with E-state index in [1.807, 2.05) is 12.1 Å². The number of sulfonamides is 1. The van der Waals surface area contributed by atoms with E-state index in [0.717, 1.165) is 12.8 Å². The largest absolute Gasteiger partial charge is 0.288 e. The molecule has 7 heteroatoms. The molecule has 3 nitrogen and oxygen atoms in total. The van der Waals surface area contributed by atoms with Crippen LogP contribution in [0.5, 0.6) is 0 Å². The molecule has 0 amide bonds. The number of rotatable bonds is 6. The second-order valence-corrected chi connectivity index (χ2v) is 9.16. The molecule has 1 aliphatic rings. The molecular weight excluding hydrogens is 376 g/mol. The predicted octanol–water partition coefficient (Wildman–Crippen LogP) is 5.85. The van der Waals surface area contributed by atoms with Gasteiger partial charge in [0.1, 0.15) is 0 Å². The third-order valence-electron chi connectivity index (χ3n) is 4.60. The van der Waals surface area contributed by atoms with E-state index in [9.17, 15) is 17.2 Å². The summed E-state index contributed by atoms with van der Waals surface area (Å²) >= 11 is 0.426. The predicted molar refractivity (Wildman–Crippen MR) is 101 cm³/mol. The van der Waals surface area contributed by atoms with E-state index >= 15 is 0 Å². The summed E-state index contributed by atoms with van der Waals surface area (Å²) < 4.78 is 52.2. The van der Waals surface area contributed by atoms with Crippen LogP contribution in [0, 0.1) is 0 Å². The lowest BCUT2D eigenvalue weighted by atomic mass is 9.84. The lowest BCUT2D eigenvalue weighted by molar-refractivity contribution is 0.252. The van der Waals surface area contributed by atoms with Crippen LogP contribution in [-0.2, 0) is 10.0 Å². The van der Waals surface area contributed by atoms with Crippen molar-refractivity contribution in [3.63, 3.8) is 0 Å². The number of nitrogens with one attached hydrogen (secondary N) is 1. The molecule has 2 aromatic rings. The Labute approximate surface area is 157 Å². The molecular formula is C19H21F2NO2S2. The summed E-state index contributed by atoms with van der Waals surface area (Å²) in [4.78, 5) is 0.586. The highest BCUT2D eigenvalue weighted by Crippen LogP contribution is 2.33. The number of benzene rings is 2. The average molecular weight is 398 g/mol. The summed E-state index contributed by atoms with van der Waals surface area (Å²) in [5.74, 6) is -1.98. The number of anilines is 1. The van der Waals surface area contributed by atoms with Gasteiger partial charge in [0.2, 0.25) is 0 Å². The number of halogens is 2. The average Bonchev–Trinajstić information content (AvgIpc) is 2.64. The van der Waals surface area contributed by atoms with Crippen molar-refractivity contribution in [2.75, 3.05) is 4.72 Å². The van der Waals surface area contributed by atoms with Gasteiger partial charge in [-0.05, 0) is 60.7 Å². The van der Waals surface area contributed by atoms with E-state index in [4.69, 9.17) is 0 Å². The third kappa shape index (κ3) is 4.98. The van der Waals surface area contributed by atoms with Gasteiger partial charge in [0, 0.05) is 10.6 Å². The molecule has 0 aliphatic heterocycles. The first-order valence-electron chi connectivity index (χ1n) is 8.62. The molecule has 1 saturated carbocycles. The molecule has 1 N–H and O–H groups in total. The highest BCUT2D eigenvalue weighted by Gasteiger charge is 2.18. The minimum Gasteiger partial charge on any atom is -0.280 e. The van der Waals surface area contributed by atoms with Gasteiger partial charge in [0.25, 0.3) is 15.8 Å². The van der Waals surface area contributed by atoms with E-state index in [0.29, 0.717) is 28.3 Å². The van der Waals surface area contributed by atoms with E-state index < -0.39 is 15.8 Å². The highest BCUT2D eigenvalue weighted by molar-refractivity contribution is 7.99. The molecule has 2 aromatic carbocycles. The van der Waals surface area contributed by atoms with Crippen molar-refractivity contribution in [3.8, 4) is 0 Å². The van der Waals surface area contributed by atoms with E-state index in [2.05, 4.69) is 4.72 Å². The van der Waals surface area contributed by atoms with Crippen molar-refractivity contribution in [3.05, 3.63) is 54.1 Å². The summed E-state index contributed by atoms with van der Waals surface area (Å²) in [5, 5.41) is 0. The third-order valence-corrected chi connectivity index (χ3v) is 6.72. The maximum Gasteiger partial charge on any atom is 0.288 e. The van der Waals surface area contributed by atoms with E-state index in [1.165, 1.54) is 49.1 Å². The molecule has 1 aliphatic carbocycles. The van der Waals surface area contributed by atoms with Crippen molar-refractivity contribution >= 4 is 27.5 Å². The Balaban J connectivity index is 1.69. The Hall–Kier alpha value is -1.60. The zero-order chi connectivity index (χ0) is 18.6. The molecule has 0 spiro atoms. The van der Waals surface area contributed by atoms with Crippen molar-refractivity contribution in [1.29, 1.82) is 0 Å². The van der Waals surface area contributed by atoms with E-state index in [-0.39, 0.29) is 4.90 Å². The van der Waals surface area contributed by atoms with Crippen molar-refractivity contribution in [1.82, 2.24) is 0 Å². The number of hydrogen-bond donors (Lipinski definition) is 1. The van der Waals surface area contributed by atoms with E-state index in [1.54, 1.807) is 12.1 Å². The molecule has 0 atom stereocenters. The smallest absolute Gasteiger partial charge is 0.280 e. The zero-order valence-corrected chi connectivity index (χ0v) is 15.8. The lowest BCUT2D eigenvalue weighted by Gasteiger charge is -2.22. The van der Waals surface area contributed by atoms with Crippen LogP contribution >= 0.6 is 11.8 Å². The molecule has 0 unspecified atom stereocenters. The van der Waals surface area contributed by atoms with Crippen molar-refractivity contribution in [2.45, 2.75) is 53.6 Å². The summed E-state index contributed by atoms with van der Waals surface area (Å²) in [6.45, 7) is 0.